The SMILES string of the molecule is CN=C(NCCc1ccc(Cl)cc1)NCC(c1cnn(C)c1)N(C)C.I. The highest BCUT2D eigenvalue weighted by molar-refractivity contribution is 14.0. The maximum absolute atomic E-state index is 5.91. The molecule has 2 aromatic rings. The number of benzene rings is 1. The van der Waals surface area contributed by atoms with E-state index in [1.807, 2.05) is 48.4 Å². The Hall–Kier alpha value is -1.32. The van der Waals surface area contributed by atoms with Gasteiger partial charge in [-0.25, -0.2) is 0 Å². The Morgan fingerprint density at radius 2 is 1.96 bits per heavy atom. The van der Waals surface area contributed by atoms with Crippen LogP contribution in [0.2, 0.25) is 5.02 Å². The molecule has 0 aliphatic carbocycles. The van der Waals surface area contributed by atoms with Crippen molar-refractivity contribution in [2.45, 2.75) is 12.5 Å². The molecule has 2 N–H and O–H groups in total. The van der Waals surface area contributed by atoms with E-state index in [-0.39, 0.29) is 30.0 Å². The molecule has 0 amide bonds. The van der Waals surface area contributed by atoms with Crippen molar-refractivity contribution in [1.29, 1.82) is 0 Å². The molecule has 0 spiro atoms. The molecule has 1 unspecified atom stereocenters. The molecule has 1 heterocycles. The lowest BCUT2D eigenvalue weighted by atomic mass is 10.1. The summed E-state index contributed by atoms with van der Waals surface area (Å²) in [5, 5.41) is 11.8. The number of likely N-dealkylation sites (N-methyl/N-ethyl adjacent to an activating group) is 1. The lowest BCUT2D eigenvalue weighted by Gasteiger charge is -2.24. The summed E-state index contributed by atoms with van der Waals surface area (Å²) in [7, 11) is 7.85. The van der Waals surface area contributed by atoms with Crippen molar-refractivity contribution in [3.63, 3.8) is 0 Å². The van der Waals surface area contributed by atoms with E-state index in [0.717, 1.165) is 30.5 Å². The van der Waals surface area contributed by atoms with E-state index in [9.17, 15) is 0 Å². The molecule has 0 saturated heterocycles. The molecule has 0 bridgehead atoms. The number of nitrogens with zero attached hydrogens (tertiary/aromatic N) is 4. The van der Waals surface area contributed by atoms with Gasteiger partial charge in [-0.2, -0.15) is 5.10 Å². The largest absolute Gasteiger partial charge is 0.356 e. The van der Waals surface area contributed by atoms with E-state index in [1.165, 1.54) is 11.1 Å². The monoisotopic (exact) mass is 490 g/mol. The lowest BCUT2D eigenvalue weighted by Crippen LogP contribution is -2.42. The van der Waals surface area contributed by atoms with Crippen LogP contribution in [0.3, 0.4) is 0 Å². The van der Waals surface area contributed by atoms with Crippen molar-refractivity contribution in [1.82, 2.24) is 25.3 Å². The van der Waals surface area contributed by atoms with E-state index in [4.69, 9.17) is 11.6 Å². The maximum Gasteiger partial charge on any atom is 0.191 e. The zero-order chi connectivity index (χ0) is 18.2. The summed E-state index contributed by atoms with van der Waals surface area (Å²) < 4.78 is 1.82. The number of aromatic nitrogens is 2. The van der Waals surface area contributed by atoms with Gasteiger partial charge < -0.3 is 15.5 Å². The molecule has 144 valence electrons. The van der Waals surface area contributed by atoms with Gasteiger partial charge in [0, 0.05) is 44.0 Å². The molecule has 26 heavy (non-hydrogen) atoms. The Morgan fingerprint density at radius 3 is 2.50 bits per heavy atom. The summed E-state index contributed by atoms with van der Waals surface area (Å²) in [5.74, 6) is 0.796. The summed E-state index contributed by atoms with van der Waals surface area (Å²) in [5.41, 5.74) is 2.42. The van der Waals surface area contributed by atoms with Gasteiger partial charge in [-0.15, -0.1) is 24.0 Å². The second kappa shape index (κ2) is 11.4. The van der Waals surface area contributed by atoms with E-state index in [2.05, 4.69) is 39.7 Å². The minimum Gasteiger partial charge on any atom is -0.356 e. The van der Waals surface area contributed by atoms with Crippen LogP contribution in [0, 0.1) is 0 Å². The Kier molecular flexibility index (Phi) is 9.97. The van der Waals surface area contributed by atoms with Crippen molar-refractivity contribution in [2.24, 2.45) is 12.0 Å². The fraction of sp³-hybridized carbons (Fsp3) is 0.444. The molecule has 1 atom stereocenters. The number of guanidine groups is 1. The third-order valence-corrected chi connectivity index (χ3v) is 4.29. The summed E-state index contributed by atoms with van der Waals surface area (Å²) in [6.45, 7) is 1.56. The molecule has 0 saturated carbocycles. The van der Waals surface area contributed by atoms with Crippen LogP contribution in [0.4, 0.5) is 0 Å². The average Bonchev–Trinajstić information content (AvgIpc) is 3.01. The number of nitrogens with one attached hydrogen (secondary N) is 2. The van der Waals surface area contributed by atoms with Gasteiger partial charge in [0.05, 0.1) is 12.2 Å². The van der Waals surface area contributed by atoms with E-state index < -0.39 is 0 Å². The van der Waals surface area contributed by atoms with Crippen LogP contribution in [0.5, 0.6) is 0 Å². The molecule has 0 aliphatic rings. The quantitative estimate of drug-likeness (QED) is 0.356. The summed E-state index contributed by atoms with van der Waals surface area (Å²) in [6, 6.07) is 8.15. The maximum atomic E-state index is 5.91. The zero-order valence-electron chi connectivity index (χ0n) is 15.7. The van der Waals surface area contributed by atoms with Crippen LogP contribution in [0.1, 0.15) is 17.2 Å². The molecule has 0 radical (unpaired) electrons. The number of aliphatic imine (C=N–C) groups is 1. The first-order valence-electron chi connectivity index (χ1n) is 8.33. The van der Waals surface area contributed by atoms with E-state index in [0.29, 0.717) is 0 Å². The fourth-order valence-electron chi connectivity index (χ4n) is 2.60. The van der Waals surface area contributed by atoms with Gasteiger partial charge >= 0.3 is 0 Å². The van der Waals surface area contributed by atoms with Crippen LogP contribution >= 0.6 is 35.6 Å². The molecule has 0 fully saturated rings. The third-order valence-electron chi connectivity index (χ3n) is 4.04. The fourth-order valence-corrected chi connectivity index (χ4v) is 2.73. The van der Waals surface area contributed by atoms with Gasteiger partial charge in [0.25, 0.3) is 0 Å². The Bertz CT molecular complexity index is 683. The Labute approximate surface area is 178 Å². The van der Waals surface area contributed by atoms with Crippen LogP contribution in [0.25, 0.3) is 0 Å². The number of hydrogen-bond donors (Lipinski definition) is 2. The van der Waals surface area contributed by atoms with Gasteiger partial charge in [0.1, 0.15) is 0 Å². The van der Waals surface area contributed by atoms with Crippen molar-refractivity contribution >= 4 is 41.5 Å². The number of rotatable bonds is 7. The topological polar surface area (TPSA) is 57.5 Å². The molecule has 8 heteroatoms. The average molecular weight is 491 g/mol. The van der Waals surface area contributed by atoms with Crippen LogP contribution in [-0.2, 0) is 13.5 Å². The number of aryl methyl sites for hydroxylation is 1. The van der Waals surface area contributed by atoms with Gasteiger partial charge in [-0.3, -0.25) is 9.67 Å². The van der Waals surface area contributed by atoms with Gasteiger partial charge in [-0.05, 0) is 38.2 Å². The normalized spacial score (nSPS) is 12.6. The predicted octanol–water partition coefficient (Wildman–Crippen LogP) is 2.70. The highest BCUT2D eigenvalue weighted by atomic mass is 127. The standard InChI is InChI=1S/C18H27ClN6.HI/c1-20-18(21-10-9-14-5-7-16(19)8-6-14)22-12-17(24(2)3)15-11-23-25(4)13-15;/h5-8,11,13,17H,9-10,12H2,1-4H3,(H2,20,21,22);1H. The minimum atomic E-state index is 0. The first-order chi connectivity index (χ1) is 12.0. The van der Waals surface area contributed by atoms with Crippen molar-refractivity contribution < 1.29 is 0 Å². The summed E-state index contributed by atoms with van der Waals surface area (Å²) in [6.07, 6.45) is 4.86. The highest BCUT2D eigenvalue weighted by Crippen LogP contribution is 2.16. The molecule has 2 rings (SSSR count). The third kappa shape index (κ3) is 7.13. The number of hydrogen-bond acceptors (Lipinski definition) is 3. The first-order valence-corrected chi connectivity index (χ1v) is 8.71. The van der Waals surface area contributed by atoms with E-state index >= 15 is 0 Å². The lowest BCUT2D eigenvalue weighted by molar-refractivity contribution is 0.298. The van der Waals surface area contributed by atoms with Crippen molar-refractivity contribution in [2.75, 3.05) is 34.2 Å². The second-order valence-corrected chi connectivity index (χ2v) is 6.62. The molecule has 0 aliphatic heterocycles. The molecule has 6 nitrogen and oxygen atoms in total. The van der Waals surface area contributed by atoms with Gasteiger partial charge in [-0.1, -0.05) is 23.7 Å². The predicted molar refractivity (Wildman–Crippen MR) is 120 cm³/mol. The van der Waals surface area contributed by atoms with Crippen LogP contribution < -0.4 is 10.6 Å². The zero-order valence-corrected chi connectivity index (χ0v) is 18.8. The van der Waals surface area contributed by atoms with Crippen LogP contribution in [0.15, 0.2) is 41.7 Å². The molecule has 1 aromatic heterocycles. The minimum absolute atomic E-state index is 0. The van der Waals surface area contributed by atoms with Crippen molar-refractivity contribution in [3.05, 3.63) is 52.8 Å². The first kappa shape index (κ1) is 22.7. The Morgan fingerprint density at radius 1 is 1.27 bits per heavy atom. The molecule has 1 aromatic carbocycles. The smallest absolute Gasteiger partial charge is 0.191 e. The summed E-state index contributed by atoms with van der Waals surface area (Å²) in [4.78, 5) is 6.47. The molecular weight excluding hydrogens is 463 g/mol. The highest BCUT2D eigenvalue weighted by Gasteiger charge is 2.16. The second-order valence-electron chi connectivity index (χ2n) is 6.18. The Balaban J connectivity index is 0.00000338. The van der Waals surface area contributed by atoms with Gasteiger partial charge in [0.15, 0.2) is 5.96 Å². The number of halogens is 2. The summed E-state index contributed by atoms with van der Waals surface area (Å²) >= 11 is 5.91. The van der Waals surface area contributed by atoms with Crippen molar-refractivity contribution in [3.8, 4) is 0 Å². The van der Waals surface area contributed by atoms with E-state index in [1.54, 1.807) is 7.05 Å². The molecular formula is C18H28ClIN6. The van der Waals surface area contributed by atoms with Gasteiger partial charge in [0.2, 0.25) is 0 Å². The van der Waals surface area contributed by atoms with Crippen LogP contribution in [-0.4, -0.2) is 54.9 Å².